The van der Waals surface area contributed by atoms with Crippen LogP contribution in [0.4, 0.5) is 17.1 Å². The van der Waals surface area contributed by atoms with Crippen molar-refractivity contribution in [2.24, 2.45) is 0 Å². The number of nitrogens with zero attached hydrogens (tertiary/aromatic N) is 1. The molecule has 17 aromatic rings. The van der Waals surface area contributed by atoms with E-state index >= 15 is 0 Å². The van der Waals surface area contributed by atoms with E-state index in [9.17, 15) is 0 Å². The quantitative estimate of drug-likeness (QED) is 0.0394. The maximum Gasteiger partial charge on any atom is 0.144 e. The molecule has 6 aliphatic rings. The summed E-state index contributed by atoms with van der Waals surface area (Å²) in [5.41, 5.74) is 42.6. The van der Waals surface area contributed by atoms with Crippen LogP contribution >= 0.6 is 0 Å². The van der Waals surface area contributed by atoms with E-state index in [4.69, 9.17) is 8.83 Å². The first-order valence-electron chi connectivity index (χ1n) is 49.3. The van der Waals surface area contributed by atoms with E-state index in [1.807, 2.05) is 0 Å². The molecule has 0 atom stereocenters. The lowest BCUT2D eigenvalue weighted by molar-refractivity contribution is 0.369. The molecule has 128 heavy (non-hydrogen) atoms. The van der Waals surface area contributed by atoms with E-state index in [1.165, 1.54) is 284 Å². The van der Waals surface area contributed by atoms with Crippen LogP contribution in [-0.2, 0) is 34.5 Å². The predicted molar refractivity (Wildman–Crippen MR) is 537 cm³/mol. The fourth-order valence-electron chi connectivity index (χ4n) is 26.2. The van der Waals surface area contributed by atoms with Gasteiger partial charge in [-0.2, -0.15) is 0 Å². The predicted octanol–water partition coefficient (Wildman–Crippen LogP) is 35.2. The highest BCUT2D eigenvalue weighted by atomic mass is 16.3. The van der Waals surface area contributed by atoms with E-state index in [0.717, 1.165) is 77.6 Å². The number of benzene rings is 15. The van der Waals surface area contributed by atoms with Crippen LogP contribution in [0.15, 0.2) is 324 Å². The topological polar surface area (TPSA) is 29.5 Å². The van der Waals surface area contributed by atoms with Crippen molar-refractivity contribution >= 4 is 60.9 Å². The third kappa shape index (κ3) is 12.4. The zero-order chi connectivity index (χ0) is 85.7. The number of hydrogen-bond acceptors (Lipinski definition) is 3. The Morgan fingerprint density at radius 3 is 1.16 bits per heavy atom. The van der Waals surface area contributed by atoms with Crippen LogP contribution in [0, 0.1) is 0 Å². The zero-order valence-electron chi connectivity index (χ0n) is 75.2. The first-order valence-corrected chi connectivity index (χ1v) is 49.3. The molecule has 0 radical (unpaired) electrons. The molecular formula is C125H117NO2. The Labute approximate surface area is 757 Å². The van der Waals surface area contributed by atoms with Gasteiger partial charge in [0.1, 0.15) is 22.3 Å². The largest absolute Gasteiger partial charge is 0.456 e. The summed E-state index contributed by atoms with van der Waals surface area (Å²) in [6.45, 7) is 9.53. The van der Waals surface area contributed by atoms with Crippen LogP contribution in [0.25, 0.3) is 111 Å². The second-order valence-corrected chi connectivity index (χ2v) is 38.7. The zero-order valence-corrected chi connectivity index (χ0v) is 75.2. The molecule has 2 spiro atoms. The van der Waals surface area contributed by atoms with Crippen molar-refractivity contribution in [1.29, 1.82) is 0 Å². The van der Waals surface area contributed by atoms with Gasteiger partial charge in [-0.3, -0.25) is 0 Å². The Balaban J connectivity index is 0.793. The summed E-state index contributed by atoms with van der Waals surface area (Å²) < 4.78 is 14.7. The number of para-hydroxylation sites is 2. The fourth-order valence-corrected chi connectivity index (χ4v) is 26.2. The van der Waals surface area contributed by atoms with E-state index < -0.39 is 10.8 Å². The third-order valence-corrected chi connectivity index (χ3v) is 31.7. The SMILES string of the molecule is CCCCCCCC1(CCCCCCC)c2ccccc2-c2c1c1c(c3c2oc2ccccc23)-c2ccc(N(c3ccc(C(Cc4ccccc4)Cc4ccccc4)cc3)c3ccc4c(c3)C3(c5ccccc5-c5ccccc53)c3cc5c(cc3-4)C3(c4ccccc4-c4ccccc43)c3ccc4oc6ccccc6c4c3-5)cc2C1(CCCCCCC)CCCCCCC. The molecule has 0 bridgehead atoms. The van der Waals surface area contributed by atoms with Gasteiger partial charge in [-0.05, 0) is 256 Å². The van der Waals surface area contributed by atoms with E-state index in [1.54, 1.807) is 16.7 Å². The first-order chi connectivity index (χ1) is 63.3. The smallest absolute Gasteiger partial charge is 0.144 e. The average molecular weight is 1670 g/mol. The second-order valence-electron chi connectivity index (χ2n) is 38.7. The lowest BCUT2D eigenvalue weighted by Gasteiger charge is -2.40. The van der Waals surface area contributed by atoms with Crippen LogP contribution in [0.2, 0.25) is 0 Å². The van der Waals surface area contributed by atoms with Crippen LogP contribution in [0.5, 0.6) is 0 Å². The number of rotatable bonds is 32. The maximum absolute atomic E-state index is 7.74. The molecule has 0 amide bonds. The van der Waals surface area contributed by atoms with Gasteiger partial charge in [0.15, 0.2) is 0 Å². The molecule has 2 heterocycles. The van der Waals surface area contributed by atoms with Gasteiger partial charge >= 0.3 is 0 Å². The van der Waals surface area contributed by atoms with E-state index in [-0.39, 0.29) is 16.7 Å². The second kappa shape index (κ2) is 33.1. The fraction of sp³-hybridized carbons (Fsp3) is 0.280. The van der Waals surface area contributed by atoms with Gasteiger partial charge in [-0.1, -0.05) is 405 Å². The molecule has 634 valence electrons. The Morgan fingerprint density at radius 1 is 0.250 bits per heavy atom. The maximum atomic E-state index is 7.74. The molecule has 15 aromatic carbocycles. The minimum atomic E-state index is -0.728. The van der Waals surface area contributed by atoms with Crippen molar-refractivity contribution in [2.45, 2.75) is 222 Å². The molecule has 0 saturated heterocycles. The molecule has 23 rings (SSSR count). The minimum Gasteiger partial charge on any atom is -0.456 e. The van der Waals surface area contributed by atoms with Crippen molar-refractivity contribution in [2.75, 3.05) is 4.90 Å². The lowest BCUT2D eigenvalue weighted by atomic mass is 9.62. The van der Waals surface area contributed by atoms with Crippen LogP contribution < -0.4 is 4.90 Å². The van der Waals surface area contributed by atoms with Crippen molar-refractivity contribution in [3.63, 3.8) is 0 Å². The summed E-state index contributed by atoms with van der Waals surface area (Å²) >= 11 is 0. The lowest BCUT2D eigenvalue weighted by Crippen LogP contribution is -2.33. The molecule has 6 aliphatic carbocycles. The highest BCUT2D eigenvalue weighted by Gasteiger charge is 2.59. The molecule has 0 saturated carbocycles. The number of furan rings is 2. The molecule has 0 fully saturated rings. The molecule has 3 heteroatoms. The molecule has 2 aromatic heterocycles. The van der Waals surface area contributed by atoms with Crippen LogP contribution in [0.1, 0.15) is 271 Å². The van der Waals surface area contributed by atoms with Gasteiger partial charge in [0.05, 0.1) is 10.8 Å². The summed E-state index contributed by atoms with van der Waals surface area (Å²) in [7, 11) is 0. The third-order valence-electron chi connectivity index (χ3n) is 31.7. The highest BCUT2D eigenvalue weighted by molar-refractivity contribution is 6.22. The van der Waals surface area contributed by atoms with Gasteiger partial charge in [-0.25, -0.2) is 0 Å². The number of unbranched alkanes of at least 4 members (excludes halogenated alkanes) is 16. The Morgan fingerprint density at radius 2 is 0.633 bits per heavy atom. The Bertz CT molecular complexity index is 6940. The van der Waals surface area contributed by atoms with Crippen LogP contribution in [0.3, 0.4) is 0 Å². The normalized spacial score (nSPS) is 14.6. The highest BCUT2D eigenvalue weighted by Crippen LogP contribution is 2.72. The molecule has 0 unspecified atom stereocenters. The Hall–Kier alpha value is -12.3. The average Bonchev–Trinajstić information content (AvgIpc) is 1.48. The molecule has 0 aliphatic heterocycles. The minimum absolute atomic E-state index is 0.208. The van der Waals surface area contributed by atoms with Gasteiger partial charge in [0.2, 0.25) is 0 Å². The summed E-state index contributed by atoms with van der Waals surface area (Å²) in [5.74, 6) is 0.239. The van der Waals surface area contributed by atoms with Gasteiger partial charge in [0, 0.05) is 55.0 Å². The monoisotopic (exact) mass is 1660 g/mol. The van der Waals surface area contributed by atoms with Crippen molar-refractivity contribution in [3.05, 3.63) is 399 Å². The summed E-state index contributed by atoms with van der Waals surface area (Å²) in [5, 5.41) is 4.89. The van der Waals surface area contributed by atoms with Crippen molar-refractivity contribution in [3.8, 4) is 66.8 Å². The van der Waals surface area contributed by atoms with Crippen molar-refractivity contribution < 1.29 is 8.83 Å². The summed E-state index contributed by atoms with van der Waals surface area (Å²) in [6, 6.07) is 124. The van der Waals surface area contributed by atoms with E-state index in [0.29, 0.717) is 0 Å². The molecule has 3 nitrogen and oxygen atoms in total. The standard InChI is InChI=1S/C125H117NO2/c1-5-9-13-17-41-73-122(74-42-18-14-10-6-2)101-56-34-31-53-95(101)118-120(122)119-116(117-98-55-33-40-62-112(98)128-121(117)118)96-70-68-88(79-107(96)123(119,75-43-19-15-11-7-3)76-44-20-16-12-8-4)126(87-65-63-85(64-66-87)86(77-83-45-23-21-24-46-83)78-84-47-25-22-26-48-84)89-67-69-94-99-81-110-100(82-109(99)125(108(94)80-89)104-59-37-29-51-92(104)93-52-30-38-60-105(93)125)114-106(71-72-113-115(114)97-54-32-39-61-111(97)127-113)124(110)102-57-35-27-49-90(102)91-50-28-36-58-103(91)124/h21-40,45-72,79-82,86H,5-20,41-44,73-78H2,1-4H3. The van der Waals surface area contributed by atoms with Gasteiger partial charge < -0.3 is 13.7 Å². The number of anilines is 3. The van der Waals surface area contributed by atoms with Gasteiger partial charge in [0.25, 0.3) is 0 Å². The Kier molecular flexibility index (Phi) is 20.8. The summed E-state index contributed by atoms with van der Waals surface area (Å²) in [4.78, 5) is 2.73. The van der Waals surface area contributed by atoms with E-state index in [2.05, 4.69) is 348 Å². The van der Waals surface area contributed by atoms with Crippen molar-refractivity contribution in [1.82, 2.24) is 0 Å². The summed E-state index contributed by atoms with van der Waals surface area (Å²) in [6.07, 6.45) is 31.1. The number of hydrogen-bond donors (Lipinski definition) is 0. The van der Waals surface area contributed by atoms with Gasteiger partial charge in [-0.15, -0.1) is 0 Å². The number of fused-ring (bicyclic) bond motifs is 36. The van der Waals surface area contributed by atoms with Crippen LogP contribution in [-0.4, -0.2) is 0 Å². The molecule has 0 N–H and O–H groups in total. The molecular weight excluding hydrogens is 1550 g/mol. The first kappa shape index (κ1) is 80.3.